The van der Waals surface area contributed by atoms with Crippen molar-refractivity contribution in [1.82, 2.24) is 10.3 Å². The van der Waals surface area contributed by atoms with Gasteiger partial charge in [0.1, 0.15) is 5.82 Å². The molecular formula is C14H16ClFN2O. The highest BCUT2D eigenvalue weighted by atomic mass is 35.5. The lowest BCUT2D eigenvalue weighted by Gasteiger charge is -1.99. The number of oxazole rings is 1. The van der Waals surface area contributed by atoms with Gasteiger partial charge in [-0.2, -0.15) is 0 Å². The lowest BCUT2D eigenvalue weighted by atomic mass is 10.2. The van der Waals surface area contributed by atoms with Crippen molar-refractivity contribution in [3.8, 4) is 11.3 Å². The molecule has 0 radical (unpaired) electrons. The van der Waals surface area contributed by atoms with Gasteiger partial charge in [-0.15, -0.1) is 0 Å². The summed E-state index contributed by atoms with van der Waals surface area (Å²) in [5, 5.41) is 3.33. The van der Waals surface area contributed by atoms with E-state index in [9.17, 15) is 4.39 Å². The van der Waals surface area contributed by atoms with Crippen LogP contribution >= 0.6 is 11.6 Å². The summed E-state index contributed by atoms with van der Waals surface area (Å²) < 4.78 is 18.7. The van der Waals surface area contributed by atoms with Gasteiger partial charge < -0.3 is 9.73 Å². The zero-order valence-corrected chi connectivity index (χ0v) is 11.5. The van der Waals surface area contributed by atoms with Gasteiger partial charge in [0.2, 0.25) is 0 Å². The summed E-state index contributed by atoms with van der Waals surface area (Å²) in [6.45, 7) is 3.98. The largest absolute Gasteiger partial charge is 0.441 e. The number of rotatable bonds is 6. The highest BCUT2D eigenvalue weighted by molar-refractivity contribution is 6.31. The Balaban J connectivity index is 2.01. The molecule has 102 valence electrons. The molecule has 0 spiro atoms. The van der Waals surface area contributed by atoms with Crippen molar-refractivity contribution in [2.75, 3.05) is 13.1 Å². The molecule has 0 aliphatic rings. The van der Waals surface area contributed by atoms with E-state index >= 15 is 0 Å². The summed E-state index contributed by atoms with van der Waals surface area (Å²) in [5.74, 6) is 0.865. The van der Waals surface area contributed by atoms with Crippen LogP contribution < -0.4 is 5.32 Å². The number of hydrogen-bond acceptors (Lipinski definition) is 3. The first-order chi connectivity index (χ1) is 9.20. The van der Waals surface area contributed by atoms with Crippen LogP contribution in [0.5, 0.6) is 0 Å². The zero-order chi connectivity index (χ0) is 13.7. The summed E-state index contributed by atoms with van der Waals surface area (Å²) in [4.78, 5) is 4.21. The molecule has 1 aromatic heterocycles. The van der Waals surface area contributed by atoms with Gasteiger partial charge in [0, 0.05) is 12.0 Å². The molecule has 0 saturated heterocycles. The van der Waals surface area contributed by atoms with Crippen LogP contribution in [0.4, 0.5) is 4.39 Å². The number of aryl methyl sites for hydroxylation is 1. The zero-order valence-electron chi connectivity index (χ0n) is 10.7. The van der Waals surface area contributed by atoms with Gasteiger partial charge in [0.15, 0.2) is 11.7 Å². The molecule has 1 N–H and O–H groups in total. The van der Waals surface area contributed by atoms with Gasteiger partial charge in [-0.1, -0.05) is 18.5 Å². The van der Waals surface area contributed by atoms with E-state index in [1.54, 1.807) is 18.3 Å². The number of halogens is 2. The van der Waals surface area contributed by atoms with Crippen molar-refractivity contribution in [2.45, 2.75) is 19.8 Å². The maximum atomic E-state index is 13.1. The molecule has 2 aromatic rings. The van der Waals surface area contributed by atoms with Crippen LogP contribution in [0.25, 0.3) is 11.3 Å². The third-order valence-corrected chi connectivity index (χ3v) is 3.04. The molecule has 0 fully saturated rings. The maximum absolute atomic E-state index is 13.1. The smallest absolute Gasteiger partial charge is 0.194 e. The number of aromatic nitrogens is 1. The molecule has 0 aliphatic carbocycles. The van der Waals surface area contributed by atoms with Gasteiger partial charge in [-0.3, -0.25) is 0 Å². The second-order valence-corrected chi connectivity index (χ2v) is 4.61. The van der Waals surface area contributed by atoms with E-state index in [-0.39, 0.29) is 5.02 Å². The highest BCUT2D eigenvalue weighted by Crippen LogP contribution is 2.25. The van der Waals surface area contributed by atoms with Crippen molar-refractivity contribution in [1.29, 1.82) is 0 Å². The molecule has 0 bridgehead atoms. The first-order valence-electron chi connectivity index (χ1n) is 6.31. The van der Waals surface area contributed by atoms with Crippen LogP contribution in [-0.2, 0) is 6.42 Å². The third kappa shape index (κ3) is 3.78. The van der Waals surface area contributed by atoms with Crippen molar-refractivity contribution >= 4 is 11.6 Å². The number of nitrogens with zero attached hydrogens (tertiary/aromatic N) is 1. The van der Waals surface area contributed by atoms with E-state index in [1.165, 1.54) is 6.07 Å². The summed E-state index contributed by atoms with van der Waals surface area (Å²) in [6.07, 6.45) is 3.39. The van der Waals surface area contributed by atoms with Crippen molar-refractivity contribution in [3.05, 3.63) is 41.1 Å². The Hall–Kier alpha value is -1.39. The molecule has 0 atom stereocenters. The van der Waals surface area contributed by atoms with Crippen LogP contribution in [0.3, 0.4) is 0 Å². The summed E-state index contributed by atoms with van der Waals surface area (Å²) in [5.41, 5.74) is 0.733. The Morgan fingerprint density at radius 2 is 2.26 bits per heavy atom. The average molecular weight is 283 g/mol. The highest BCUT2D eigenvalue weighted by Gasteiger charge is 2.08. The summed E-state index contributed by atoms with van der Waals surface area (Å²) in [6, 6.07) is 4.50. The van der Waals surface area contributed by atoms with Gasteiger partial charge in [-0.05, 0) is 37.7 Å². The van der Waals surface area contributed by atoms with E-state index in [1.807, 2.05) is 0 Å². The minimum absolute atomic E-state index is 0.0857. The van der Waals surface area contributed by atoms with Gasteiger partial charge in [0.05, 0.1) is 11.2 Å². The Morgan fingerprint density at radius 3 is 3.00 bits per heavy atom. The fourth-order valence-electron chi connectivity index (χ4n) is 1.75. The second-order valence-electron chi connectivity index (χ2n) is 4.20. The number of benzene rings is 1. The quantitative estimate of drug-likeness (QED) is 0.822. The summed E-state index contributed by atoms with van der Waals surface area (Å²) >= 11 is 5.74. The van der Waals surface area contributed by atoms with Crippen LogP contribution in [0, 0.1) is 5.82 Å². The van der Waals surface area contributed by atoms with Gasteiger partial charge >= 0.3 is 0 Å². The predicted octanol–water partition coefficient (Wildman–Crippen LogP) is 3.68. The Bertz CT molecular complexity index is 542. The minimum atomic E-state index is -0.434. The van der Waals surface area contributed by atoms with E-state index < -0.39 is 5.82 Å². The van der Waals surface area contributed by atoms with E-state index in [2.05, 4.69) is 17.2 Å². The van der Waals surface area contributed by atoms with Crippen LogP contribution in [0.1, 0.15) is 19.2 Å². The average Bonchev–Trinajstić information content (AvgIpc) is 2.87. The third-order valence-electron chi connectivity index (χ3n) is 2.75. The van der Waals surface area contributed by atoms with E-state index in [4.69, 9.17) is 16.0 Å². The van der Waals surface area contributed by atoms with E-state index in [0.29, 0.717) is 11.7 Å². The number of nitrogens with one attached hydrogen (secondary N) is 1. The molecular weight excluding hydrogens is 267 g/mol. The molecule has 19 heavy (non-hydrogen) atoms. The number of hydrogen-bond donors (Lipinski definition) is 1. The van der Waals surface area contributed by atoms with Crippen LogP contribution in [0.2, 0.25) is 5.02 Å². The second kappa shape index (κ2) is 6.68. The first kappa shape index (κ1) is 14.0. The molecule has 1 heterocycles. The SMILES string of the molecule is CCNCCCc1ncc(-c2ccc(F)c(Cl)c2)o1. The molecule has 0 aliphatic heterocycles. The Labute approximate surface area is 116 Å². The summed E-state index contributed by atoms with van der Waals surface area (Å²) in [7, 11) is 0. The molecule has 0 amide bonds. The fourth-order valence-corrected chi connectivity index (χ4v) is 1.93. The van der Waals surface area contributed by atoms with Gasteiger partial charge in [-0.25, -0.2) is 9.37 Å². The van der Waals surface area contributed by atoms with E-state index in [0.717, 1.165) is 31.5 Å². The molecule has 5 heteroatoms. The standard InChI is InChI=1S/C14H16ClFN2O/c1-2-17-7-3-4-14-18-9-13(19-14)10-5-6-12(16)11(15)8-10/h5-6,8-9,17H,2-4,7H2,1H3. The lowest BCUT2D eigenvalue weighted by Crippen LogP contribution is -2.14. The van der Waals surface area contributed by atoms with Crippen molar-refractivity contribution < 1.29 is 8.81 Å². The molecule has 3 nitrogen and oxygen atoms in total. The predicted molar refractivity (Wildman–Crippen MR) is 73.8 cm³/mol. The van der Waals surface area contributed by atoms with Crippen molar-refractivity contribution in [3.63, 3.8) is 0 Å². The Morgan fingerprint density at radius 1 is 1.42 bits per heavy atom. The molecule has 2 rings (SSSR count). The maximum Gasteiger partial charge on any atom is 0.194 e. The fraction of sp³-hybridized carbons (Fsp3) is 0.357. The first-order valence-corrected chi connectivity index (χ1v) is 6.69. The molecule has 0 saturated carbocycles. The minimum Gasteiger partial charge on any atom is -0.441 e. The van der Waals surface area contributed by atoms with Crippen molar-refractivity contribution in [2.24, 2.45) is 0 Å². The topological polar surface area (TPSA) is 38.1 Å². The lowest BCUT2D eigenvalue weighted by molar-refractivity contribution is 0.493. The normalized spacial score (nSPS) is 10.9. The van der Waals surface area contributed by atoms with Crippen LogP contribution in [-0.4, -0.2) is 18.1 Å². The van der Waals surface area contributed by atoms with Gasteiger partial charge in [0.25, 0.3) is 0 Å². The monoisotopic (exact) mass is 282 g/mol. The molecule has 0 unspecified atom stereocenters. The van der Waals surface area contributed by atoms with Crippen LogP contribution in [0.15, 0.2) is 28.8 Å². The Kier molecular flexibility index (Phi) is 4.93. The molecule has 1 aromatic carbocycles.